The van der Waals surface area contributed by atoms with E-state index in [1.807, 2.05) is 0 Å². The Balaban J connectivity index is 1.52. The fourth-order valence-electron chi connectivity index (χ4n) is 2.99. The highest BCUT2D eigenvalue weighted by Gasteiger charge is 2.40. The minimum atomic E-state index is -0.889. The van der Waals surface area contributed by atoms with Crippen LogP contribution in [0.5, 0.6) is 5.75 Å². The number of rotatable bonds is 4. The molecule has 1 saturated heterocycles. The first-order valence-corrected chi connectivity index (χ1v) is 8.72. The van der Waals surface area contributed by atoms with Crippen LogP contribution in [0.25, 0.3) is 10.9 Å². The molecular weight excluding hydrogens is 384 g/mol. The standard InChI is InChI=1S/C19H15ClN4O4/c1-28-13-5-2-10(3-6-13)16-18(26)24(19(27)22-16)23-17(25)15-9-11-8-12(20)4-7-14(11)21-15/h2-9,16,21H,1H3,(H,22,27)(H,23,25)/t16-/m0/s1. The van der Waals surface area contributed by atoms with E-state index in [4.69, 9.17) is 16.3 Å². The van der Waals surface area contributed by atoms with Crippen molar-refractivity contribution in [1.82, 2.24) is 20.7 Å². The molecule has 0 spiro atoms. The Labute approximate surface area is 164 Å². The van der Waals surface area contributed by atoms with Gasteiger partial charge >= 0.3 is 6.03 Å². The number of urea groups is 1. The Hall–Kier alpha value is -3.52. The van der Waals surface area contributed by atoms with Gasteiger partial charge in [0.05, 0.1) is 7.11 Å². The molecule has 0 unspecified atom stereocenters. The summed E-state index contributed by atoms with van der Waals surface area (Å²) in [5.74, 6) is -0.571. The van der Waals surface area contributed by atoms with Gasteiger partial charge in [-0.1, -0.05) is 23.7 Å². The number of fused-ring (bicyclic) bond motifs is 1. The Morgan fingerprint density at radius 3 is 2.61 bits per heavy atom. The Morgan fingerprint density at radius 2 is 1.89 bits per heavy atom. The molecule has 1 atom stereocenters. The summed E-state index contributed by atoms with van der Waals surface area (Å²) >= 11 is 5.95. The van der Waals surface area contributed by atoms with E-state index in [1.54, 1.807) is 48.5 Å². The molecular formula is C19H15ClN4O4. The van der Waals surface area contributed by atoms with Gasteiger partial charge in [0.15, 0.2) is 0 Å². The lowest BCUT2D eigenvalue weighted by molar-refractivity contribution is -0.129. The van der Waals surface area contributed by atoms with E-state index in [2.05, 4.69) is 15.7 Å². The van der Waals surface area contributed by atoms with Gasteiger partial charge in [-0.05, 0) is 42.0 Å². The number of nitrogens with one attached hydrogen (secondary N) is 3. The van der Waals surface area contributed by atoms with Crippen LogP contribution in [-0.4, -0.2) is 34.9 Å². The maximum Gasteiger partial charge on any atom is 0.344 e. The van der Waals surface area contributed by atoms with E-state index in [0.29, 0.717) is 26.9 Å². The van der Waals surface area contributed by atoms with Gasteiger partial charge in [0.2, 0.25) is 0 Å². The maximum atomic E-state index is 12.6. The number of amides is 4. The van der Waals surface area contributed by atoms with Crippen LogP contribution in [0, 0.1) is 0 Å². The number of carbonyl (C=O) groups is 3. The molecule has 2 heterocycles. The highest BCUT2D eigenvalue weighted by Crippen LogP contribution is 2.24. The molecule has 2 aromatic carbocycles. The first kappa shape index (κ1) is 17.9. The number of nitrogens with zero attached hydrogens (tertiary/aromatic N) is 1. The molecule has 3 aromatic rings. The van der Waals surface area contributed by atoms with Crippen LogP contribution in [-0.2, 0) is 4.79 Å². The molecule has 0 saturated carbocycles. The largest absolute Gasteiger partial charge is 0.497 e. The summed E-state index contributed by atoms with van der Waals surface area (Å²) in [5.41, 5.74) is 3.83. The number of imide groups is 1. The molecule has 0 aliphatic carbocycles. The van der Waals surface area contributed by atoms with Crippen molar-refractivity contribution in [2.45, 2.75) is 6.04 Å². The first-order chi connectivity index (χ1) is 13.5. The van der Waals surface area contributed by atoms with Crippen molar-refractivity contribution in [3.8, 4) is 5.75 Å². The van der Waals surface area contributed by atoms with E-state index >= 15 is 0 Å². The summed E-state index contributed by atoms with van der Waals surface area (Å²) < 4.78 is 5.08. The van der Waals surface area contributed by atoms with Crippen molar-refractivity contribution < 1.29 is 19.1 Å². The van der Waals surface area contributed by atoms with Gasteiger partial charge in [-0.15, -0.1) is 0 Å². The number of carbonyl (C=O) groups excluding carboxylic acids is 3. The van der Waals surface area contributed by atoms with Crippen LogP contribution >= 0.6 is 11.6 Å². The maximum absolute atomic E-state index is 12.6. The average Bonchev–Trinajstić information content (AvgIpc) is 3.24. The van der Waals surface area contributed by atoms with Crippen LogP contribution in [0.1, 0.15) is 22.1 Å². The zero-order valence-electron chi connectivity index (χ0n) is 14.7. The minimum Gasteiger partial charge on any atom is -0.497 e. The quantitative estimate of drug-likeness (QED) is 0.588. The number of hydrazine groups is 1. The van der Waals surface area contributed by atoms with Crippen molar-refractivity contribution >= 4 is 40.3 Å². The molecule has 4 amide bonds. The lowest BCUT2D eigenvalue weighted by Gasteiger charge is -2.13. The number of hydrogen-bond acceptors (Lipinski definition) is 4. The highest BCUT2D eigenvalue weighted by molar-refractivity contribution is 6.31. The summed E-state index contributed by atoms with van der Waals surface area (Å²) in [6, 6.07) is 11.9. The molecule has 142 valence electrons. The summed E-state index contributed by atoms with van der Waals surface area (Å²) in [5, 5.41) is 4.51. The molecule has 9 heteroatoms. The third kappa shape index (κ3) is 3.14. The normalized spacial score (nSPS) is 16.4. The predicted octanol–water partition coefficient (Wildman–Crippen LogP) is 2.77. The van der Waals surface area contributed by atoms with Crippen molar-refractivity contribution in [3.63, 3.8) is 0 Å². The van der Waals surface area contributed by atoms with E-state index < -0.39 is 23.9 Å². The van der Waals surface area contributed by atoms with Gasteiger partial charge in [-0.2, -0.15) is 5.01 Å². The fraction of sp³-hybridized carbons (Fsp3) is 0.105. The molecule has 4 rings (SSSR count). The Bertz CT molecular complexity index is 1090. The number of aromatic nitrogens is 1. The number of H-pyrrole nitrogens is 1. The number of ether oxygens (including phenoxy) is 1. The predicted molar refractivity (Wildman–Crippen MR) is 102 cm³/mol. The molecule has 28 heavy (non-hydrogen) atoms. The molecule has 1 aliphatic rings. The number of hydrogen-bond donors (Lipinski definition) is 3. The third-order valence-electron chi connectivity index (χ3n) is 4.43. The summed E-state index contributed by atoms with van der Waals surface area (Å²) in [7, 11) is 1.53. The smallest absolute Gasteiger partial charge is 0.344 e. The minimum absolute atomic E-state index is 0.200. The number of benzene rings is 2. The van der Waals surface area contributed by atoms with E-state index in [9.17, 15) is 14.4 Å². The van der Waals surface area contributed by atoms with Gasteiger partial charge in [0, 0.05) is 15.9 Å². The van der Waals surface area contributed by atoms with Crippen molar-refractivity contribution in [1.29, 1.82) is 0 Å². The number of methoxy groups -OCH3 is 1. The van der Waals surface area contributed by atoms with Gasteiger partial charge in [0.1, 0.15) is 17.5 Å². The van der Waals surface area contributed by atoms with Crippen LogP contribution in [0.2, 0.25) is 5.02 Å². The molecule has 1 fully saturated rings. The van der Waals surface area contributed by atoms with Gasteiger partial charge < -0.3 is 15.0 Å². The molecule has 1 aliphatic heterocycles. The van der Waals surface area contributed by atoms with Crippen molar-refractivity contribution in [2.75, 3.05) is 7.11 Å². The second-order valence-electron chi connectivity index (χ2n) is 6.18. The van der Waals surface area contributed by atoms with E-state index in [1.165, 1.54) is 7.11 Å². The Morgan fingerprint density at radius 1 is 1.14 bits per heavy atom. The second-order valence-corrected chi connectivity index (χ2v) is 6.62. The van der Waals surface area contributed by atoms with Crippen molar-refractivity contribution in [3.05, 3.63) is 64.8 Å². The SMILES string of the molecule is COc1ccc([C@@H]2NC(=O)N(NC(=O)c3cc4cc(Cl)ccc4[nH]3)C2=O)cc1. The van der Waals surface area contributed by atoms with Crippen LogP contribution < -0.4 is 15.5 Å². The topological polar surface area (TPSA) is 104 Å². The van der Waals surface area contributed by atoms with Gasteiger partial charge in [-0.25, -0.2) is 4.79 Å². The zero-order chi connectivity index (χ0) is 19.8. The fourth-order valence-corrected chi connectivity index (χ4v) is 3.18. The molecule has 8 nitrogen and oxygen atoms in total. The Kier molecular flexibility index (Phi) is 4.40. The third-order valence-corrected chi connectivity index (χ3v) is 4.66. The van der Waals surface area contributed by atoms with Gasteiger partial charge in [-0.3, -0.25) is 15.0 Å². The first-order valence-electron chi connectivity index (χ1n) is 8.34. The molecule has 3 N–H and O–H groups in total. The monoisotopic (exact) mass is 398 g/mol. The van der Waals surface area contributed by atoms with E-state index in [0.717, 1.165) is 5.39 Å². The molecule has 0 radical (unpaired) electrons. The summed E-state index contributed by atoms with van der Waals surface area (Å²) in [6.45, 7) is 0. The van der Waals surface area contributed by atoms with E-state index in [-0.39, 0.29) is 5.69 Å². The van der Waals surface area contributed by atoms with Crippen LogP contribution in [0.4, 0.5) is 4.79 Å². The number of aromatic amines is 1. The number of halogens is 1. The van der Waals surface area contributed by atoms with Crippen LogP contribution in [0.15, 0.2) is 48.5 Å². The molecule has 1 aromatic heterocycles. The highest BCUT2D eigenvalue weighted by atomic mass is 35.5. The summed E-state index contributed by atoms with van der Waals surface area (Å²) in [6.07, 6.45) is 0. The van der Waals surface area contributed by atoms with Gasteiger partial charge in [0.25, 0.3) is 11.8 Å². The second kappa shape index (κ2) is 6.90. The zero-order valence-corrected chi connectivity index (χ0v) is 15.4. The van der Waals surface area contributed by atoms with Crippen LogP contribution in [0.3, 0.4) is 0 Å². The lowest BCUT2D eigenvalue weighted by atomic mass is 10.1. The molecule has 0 bridgehead atoms. The van der Waals surface area contributed by atoms with Crippen molar-refractivity contribution in [2.24, 2.45) is 0 Å². The average molecular weight is 399 g/mol. The summed E-state index contributed by atoms with van der Waals surface area (Å²) in [4.78, 5) is 40.3. The lowest BCUT2D eigenvalue weighted by Crippen LogP contribution is -2.46.